The molecule has 0 radical (unpaired) electrons. The van der Waals surface area contributed by atoms with Gasteiger partial charge in [-0.25, -0.2) is 0 Å². The maximum Gasteiger partial charge on any atom is 0.271 e. The van der Waals surface area contributed by atoms with E-state index in [-0.39, 0.29) is 5.91 Å². The fourth-order valence-electron chi connectivity index (χ4n) is 3.53. The summed E-state index contributed by atoms with van der Waals surface area (Å²) in [4.78, 5) is 25.4. The summed E-state index contributed by atoms with van der Waals surface area (Å²) in [5.74, 6) is -0.666. The zero-order valence-corrected chi connectivity index (χ0v) is 15.7. The zero-order chi connectivity index (χ0) is 18.6. The van der Waals surface area contributed by atoms with Gasteiger partial charge in [0.25, 0.3) is 5.91 Å². The number of rotatable bonds is 3. The van der Waals surface area contributed by atoms with Crippen LogP contribution in [0.1, 0.15) is 48.0 Å². The molecule has 2 aromatic carbocycles. The van der Waals surface area contributed by atoms with Crippen molar-refractivity contribution < 1.29 is 9.59 Å². The molecular weight excluding hydrogens is 371 g/mol. The van der Waals surface area contributed by atoms with Crippen molar-refractivity contribution in [3.63, 3.8) is 0 Å². The Morgan fingerprint density at radius 3 is 2.31 bits per heavy atom. The van der Waals surface area contributed by atoms with Crippen molar-refractivity contribution in [3.05, 3.63) is 69.7 Å². The minimum atomic E-state index is -0.684. The summed E-state index contributed by atoms with van der Waals surface area (Å²) in [6.07, 6.45) is 4.46. The maximum atomic E-state index is 13.1. The molecule has 0 bridgehead atoms. The summed E-state index contributed by atoms with van der Waals surface area (Å²) in [5.41, 5.74) is 5.60. The molecule has 3 rings (SSSR count). The normalized spacial score (nSPS) is 15.9. The average Bonchev–Trinajstić information content (AvgIpc) is 2.66. The summed E-state index contributed by atoms with van der Waals surface area (Å²) >= 11 is 12.2. The first-order chi connectivity index (χ1) is 12.5. The van der Waals surface area contributed by atoms with Gasteiger partial charge in [-0.3, -0.25) is 20.4 Å². The van der Waals surface area contributed by atoms with Gasteiger partial charge in [-0.15, -0.1) is 0 Å². The molecule has 0 aromatic heterocycles. The molecule has 26 heavy (non-hydrogen) atoms. The number of nitrogens with one attached hydrogen (secondary N) is 2. The molecular formula is C20H20Cl2N2O2. The van der Waals surface area contributed by atoms with Gasteiger partial charge in [-0.2, -0.15) is 0 Å². The fraction of sp³-hybridized carbons (Fsp3) is 0.300. The van der Waals surface area contributed by atoms with Crippen LogP contribution in [0.3, 0.4) is 0 Å². The molecule has 6 heteroatoms. The zero-order valence-electron chi connectivity index (χ0n) is 14.2. The van der Waals surface area contributed by atoms with Crippen molar-refractivity contribution in [2.24, 2.45) is 0 Å². The summed E-state index contributed by atoms with van der Waals surface area (Å²) in [7, 11) is 0. The van der Waals surface area contributed by atoms with E-state index in [4.69, 9.17) is 23.2 Å². The summed E-state index contributed by atoms with van der Waals surface area (Å²) in [6.45, 7) is 0. The topological polar surface area (TPSA) is 58.2 Å². The third-order valence-corrected chi connectivity index (χ3v) is 5.49. The van der Waals surface area contributed by atoms with Crippen molar-refractivity contribution >= 4 is 35.0 Å². The van der Waals surface area contributed by atoms with Crippen molar-refractivity contribution in [3.8, 4) is 0 Å². The molecule has 1 saturated carbocycles. The van der Waals surface area contributed by atoms with Crippen LogP contribution in [0.5, 0.6) is 0 Å². The lowest BCUT2D eigenvalue weighted by Gasteiger charge is -2.36. The first-order valence-corrected chi connectivity index (χ1v) is 9.40. The van der Waals surface area contributed by atoms with Crippen molar-refractivity contribution in [2.45, 2.75) is 37.5 Å². The third kappa shape index (κ3) is 3.87. The number of hydrogen-bond acceptors (Lipinski definition) is 2. The molecule has 4 nitrogen and oxygen atoms in total. The average molecular weight is 391 g/mol. The number of halogens is 2. The second-order valence-corrected chi connectivity index (χ2v) is 7.38. The standard InChI is InChI=1S/C20H20Cl2N2O2/c21-15-8-6-7-14(13-15)20(11-4-1-5-12-20)19(26)24-23-18(25)16-9-2-3-10-17(16)22/h2-3,6-10,13H,1,4-5,11-12H2,(H,23,25)(H,24,26). The highest BCUT2D eigenvalue weighted by molar-refractivity contribution is 6.33. The Bertz CT molecular complexity index is 817. The molecule has 136 valence electrons. The molecule has 2 aromatic rings. The van der Waals surface area contributed by atoms with E-state index in [9.17, 15) is 9.59 Å². The van der Waals surface area contributed by atoms with E-state index in [1.165, 1.54) is 0 Å². The number of carbonyl (C=O) groups excluding carboxylic acids is 2. The highest BCUT2D eigenvalue weighted by Crippen LogP contribution is 2.40. The number of hydrogen-bond donors (Lipinski definition) is 2. The number of carbonyl (C=O) groups is 2. The third-order valence-electron chi connectivity index (χ3n) is 4.93. The quantitative estimate of drug-likeness (QED) is 0.748. The molecule has 0 saturated heterocycles. The molecule has 0 unspecified atom stereocenters. The minimum Gasteiger partial charge on any atom is -0.272 e. The number of amides is 2. The Morgan fingerprint density at radius 2 is 1.62 bits per heavy atom. The number of hydrazine groups is 1. The Kier molecular flexibility index (Phi) is 5.84. The molecule has 0 aliphatic heterocycles. The van der Waals surface area contributed by atoms with E-state index >= 15 is 0 Å². The molecule has 2 amide bonds. The van der Waals surface area contributed by atoms with Crippen LogP contribution in [-0.2, 0) is 10.2 Å². The summed E-state index contributed by atoms with van der Waals surface area (Å²) in [5, 5.41) is 0.932. The lowest BCUT2D eigenvalue weighted by Crippen LogP contribution is -2.52. The van der Waals surface area contributed by atoms with Crippen LogP contribution in [0, 0.1) is 0 Å². The van der Waals surface area contributed by atoms with Gasteiger partial charge in [-0.05, 0) is 42.7 Å². The lowest BCUT2D eigenvalue weighted by molar-refractivity contribution is -0.128. The maximum absolute atomic E-state index is 13.1. The molecule has 1 fully saturated rings. The Hall–Kier alpha value is -2.04. The van der Waals surface area contributed by atoms with Crippen LogP contribution in [-0.4, -0.2) is 11.8 Å². The smallest absolute Gasteiger partial charge is 0.271 e. The van der Waals surface area contributed by atoms with Crippen molar-refractivity contribution in [2.75, 3.05) is 0 Å². The van der Waals surface area contributed by atoms with E-state index in [0.717, 1.165) is 37.7 Å². The van der Waals surface area contributed by atoms with Gasteiger partial charge in [-0.1, -0.05) is 66.7 Å². The second-order valence-electron chi connectivity index (χ2n) is 6.54. The van der Waals surface area contributed by atoms with Crippen molar-refractivity contribution in [1.82, 2.24) is 10.9 Å². The fourth-order valence-corrected chi connectivity index (χ4v) is 3.95. The minimum absolute atomic E-state index is 0.222. The highest BCUT2D eigenvalue weighted by Gasteiger charge is 2.41. The molecule has 1 aliphatic carbocycles. The predicted molar refractivity (Wildman–Crippen MR) is 103 cm³/mol. The van der Waals surface area contributed by atoms with Gasteiger partial charge in [0.2, 0.25) is 5.91 Å². The molecule has 0 atom stereocenters. The van der Waals surface area contributed by atoms with Gasteiger partial charge in [0.15, 0.2) is 0 Å². The Morgan fingerprint density at radius 1 is 0.885 bits per heavy atom. The summed E-state index contributed by atoms with van der Waals surface area (Å²) in [6, 6.07) is 14.1. The van der Waals surface area contributed by atoms with Crippen LogP contribution in [0.4, 0.5) is 0 Å². The van der Waals surface area contributed by atoms with Crippen LogP contribution >= 0.6 is 23.2 Å². The predicted octanol–water partition coefficient (Wildman–Crippen LogP) is 4.66. The Labute approximate surface area is 162 Å². The monoisotopic (exact) mass is 390 g/mol. The van der Waals surface area contributed by atoms with Gasteiger partial charge < -0.3 is 0 Å². The van der Waals surface area contributed by atoms with Gasteiger partial charge >= 0.3 is 0 Å². The van der Waals surface area contributed by atoms with Crippen LogP contribution in [0.15, 0.2) is 48.5 Å². The van der Waals surface area contributed by atoms with Crippen LogP contribution in [0.2, 0.25) is 10.0 Å². The molecule has 0 heterocycles. The van der Waals surface area contributed by atoms with Gasteiger partial charge in [0.05, 0.1) is 16.0 Å². The Balaban J connectivity index is 1.78. The lowest BCUT2D eigenvalue weighted by atomic mass is 9.69. The largest absolute Gasteiger partial charge is 0.272 e. The van der Waals surface area contributed by atoms with E-state index in [1.807, 2.05) is 18.2 Å². The molecule has 1 aliphatic rings. The first-order valence-electron chi connectivity index (χ1n) is 8.64. The van der Waals surface area contributed by atoms with Crippen LogP contribution in [0.25, 0.3) is 0 Å². The van der Waals surface area contributed by atoms with E-state index < -0.39 is 11.3 Å². The highest BCUT2D eigenvalue weighted by atomic mass is 35.5. The van der Waals surface area contributed by atoms with Crippen LogP contribution < -0.4 is 10.9 Å². The first kappa shape index (κ1) is 18.7. The molecule has 0 spiro atoms. The van der Waals surface area contributed by atoms with Crippen molar-refractivity contribution in [1.29, 1.82) is 0 Å². The van der Waals surface area contributed by atoms with Gasteiger partial charge in [0, 0.05) is 5.02 Å². The van der Waals surface area contributed by atoms with E-state index in [2.05, 4.69) is 10.9 Å². The summed E-state index contributed by atoms with van der Waals surface area (Å²) < 4.78 is 0. The van der Waals surface area contributed by atoms with Gasteiger partial charge in [0.1, 0.15) is 0 Å². The molecule has 2 N–H and O–H groups in total. The van der Waals surface area contributed by atoms with E-state index in [0.29, 0.717) is 15.6 Å². The van der Waals surface area contributed by atoms with E-state index in [1.54, 1.807) is 30.3 Å². The SMILES string of the molecule is O=C(NNC(=O)C1(c2cccc(Cl)c2)CCCCC1)c1ccccc1Cl. The second kappa shape index (κ2) is 8.11. The number of benzene rings is 2.